The van der Waals surface area contributed by atoms with Crippen LogP contribution in [0.5, 0.6) is 0 Å². The average Bonchev–Trinajstić information content (AvgIpc) is 2.52. The van der Waals surface area contributed by atoms with E-state index in [0.717, 1.165) is 15.6 Å². The Morgan fingerprint density at radius 3 is 2.38 bits per heavy atom. The minimum atomic E-state index is -0.481. The number of rotatable bonds is 5. The third kappa shape index (κ3) is 4.16. The molecule has 4 heteroatoms. The van der Waals surface area contributed by atoms with Crippen molar-refractivity contribution >= 4 is 21.9 Å². The third-order valence-corrected chi connectivity index (χ3v) is 3.83. The molecule has 21 heavy (non-hydrogen) atoms. The van der Waals surface area contributed by atoms with E-state index in [1.807, 2.05) is 61.5 Å². The molecule has 2 rings (SSSR count). The highest BCUT2D eigenvalue weighted by atomic mass is 79.9. The summed E-state index contributed by atoms with van der Waals surface area (Å²) in [6.45, 7) is 2.03. The van der Waals surface area contributed by atoms with E-state index in [2.05, 4.69) is 21.2 Å². The van der Waals surface area contributed by atoms with E-state index in [1.165, 1.54) is 7.11 Å². The summed E-state index contributed by atoms with van der Waals surface area (Å²) in [4.78, 5) is 12.1. The number of ether oxygens (including phenoxy) is 1. The lowest BCUT2D eigenvalue weighted by Gasteiger charge is -2.22. The summed E-state index contributed by atoms with van der Waals surface area (Å²) < 4.78 is 5.93. The first-order valence-corrected chi connectivity index (χ1v) is 7.55. The lowest BCUT2D eigenvalue weighted by atomic mass is 10.0. The fourth-order valence-corrected chi connectivity index (χ4v) is 2.60. The Kier molecular flexibility index (Phi) is 5.53. The number of hydrogen-bond acceptors (Lipinski definition) is 3. The van der Waals surface area contributed by atoms with Gasteiger partial charge in [-0.15, -0.1) is 0 Å². The first kappa shape index (κ1) is 15.7. The third-order valence-electron chi connectivity index (χ3n) is 3.34. The minimum Gasteiger partial charge on any atom is -0.468 e. The van der Waals surface area contributed by atoms with Gasteiger partial charge >= 0.3 is 5.97 Å². The van der Waals surface area contributed by atoms with Crippen molar-refractivity contribution in [3.8, 4) is 0 Å². The standard InChI is InChI=1S/C17H18BrNO2/c1-12(14-9-6-10-15(18)11-14)19-16(17(20)21-2)13-7-4-3-5-8-13/h3-12,16,19H,1-2H3. The van der Waals surface area contributed by atoms with Crippen LogP contribution in [0.25, 0.3) is 0 Å². The van der Waals surface area contributed by atoms with Gasteiger partial charge in [0.2, 0.25) is 0 Å². The molecule has 2 aromatic carbocycles. The highest BCUT2D eigenvalue weighted by molar-refractivity contribution is 9.10. The normalized spacial score (nSPS) is 13.5. The summed E-state index contributed by atoms with van der Waals surface area (Å²) in [6.07, 6.45) is 0. The fourth-order valence-electron chi connectivity index (χ4n) is 2.19. The Morgan fingerprint density at radius 1 is 1.10 bits per heavy atom. The van der Waals surface area contributed by atoms with Crippen LogP contribution >= 0.6 is 15.9 Å². The van der Waals surface area contributed by atoms with Crippen LogP contribution in [0, 0.1) is 0 Å². The number of halogens is 1. The maximum Gasteiger partial charge on any atom is 0.327 e. The molecule has 1 N–H and O–H groups in total. The van der Waals surface area contributed by atoms with Gasteiger partial charge in [-0.1, -0.05) is 58.4 Å². The molecular weight excluding hydrogens is 330 g/mol. The summed E-state index contributed by atoms with van der Waals surface area (Å²) >= 11 is 3.46. The number of carbonyl (C=O) groups is 1. The van der Waals surface area contributed by atoms with Crippen molar-refractivity contribution in [1.82, 2.24) is 5.32 Å². The van der Waals surface area contributed by atoms with Crippen LogP contribution in [0.3, 0.4) is 0 Å². The second-order valence-electron chi connectivity index (χ2n) is 4.81. The summed E-state index contributed by atoms with van der Waals surface area (Å²) in [5, 5.41) is 3.33. The van der Waals surface area contributed by atoms with E-state index in [9.17, 15) is 4.79 Å². The zero-order valence-electron chi connectivity index (χ0n) is 12.0. The number of carbonyl (C=O) groups excluding carboxylic acids is 1. The van der Waals surface area contributed by atoms with Crippen molar-refractivity contribution in [2.24, 2.45) is 0 Å². The number of benzene rings is 2. The predicted molar refractivity (Wildman–Crippen MR) is 86.9 cm³/mol. The van der Waals surface area contributed by atoms with Crippen molar-refractivity contribution in [3.05, 3.63) is 70.2 Å². The predicted octanol–water partition coefficient (Wildman–Crippen LogP) is 4.01. The molecule has 2 aromatic rings. The SMILES string of the molecule is COC(=O)C(NC(C)c1cccc(Br)c1)c1ccccc1. The first-order chi connectivity index (χ1) is 10.1. The van der Waals surface area contributed by atoms with Gasteiger partial charge in [-0.3, -0.25) is 5.32 Å². The molecule has 3 nitrogen and oxygen atoms in total. The molecule has 0 saturated heterocycles. The van der Waals surface area contributed by atoms with Crippen molar-refractivity contribution in [2.75, 3.05) is 7.11 Å². The van der Waals surface area contributed by atoms with Crippen molar-refractivity contribution in [3.63, 3.8) is 0 Å². The molecule has 0 radical (unpaired) electrons. The average molecular weight is 348 g/mol. The van der Waals surface area contributed by atoms with E-state index in [0.29, 0.717) is 0 Å². The Balaban J connectivity index is 2.21. The molecule has 0 heterocycles. The Labute approximate surface area is 133 Å². The zero-order valence-corrected chi connectivity index (χ0v) is 13.6. The summed E-state index contributed by atoms with van der Waals surface area (Å²) in [6, 6.07) is 17.2. The zero-order chi connectivity index (χ0) is 15.2. The fraction of sp³-hybridized carbons (Fsp3) is 0.235. The molecule has 0 saturated carbocycles. The lowest BCUT2D eigenvalue weighted by molar-refractivity contribution is -0.143. The van der Waals surface area contributed by atoms with Gasteiger partial charge in [-0.05, 0) is 30.2 Å². The van der Waals surface area contributed by atoms with Crippen LogP contribution in [0.2, 0.25) is 0 Å². The first-order valence-electron chi connectivity index (χ1n) is 6.76. The maximum absolute atomic E-state index is 12.1. The van der Waals surface area contributed by atoms with Gasteiger partial charge in [0.25, 0.3) is 0 Å². The van der Waals surface area contributed by atoms with Crippen LogP contribution in [0.4, 0.5) is 0 Å². The van der Waals surface area contributed by atoms with E-state index in [1.54, 1.807) is 0 Å². The van der Waals surface area contributed by atoms with Gasteiger partial charge in [-0.25, -0.2) is 4.79 Å². The Bertz CT molecular complexity index is 601. The molecule has 0 spiro atoms. The molecule has 0 amide bonds. The molecule has 110 valence electrons. The van der Waals surface area contributed by atoms with Crippen LogP contribution < -0.4 is 5.32 Å². The van der Waals surface area contributed by atoms with Gasteiger partial charge in [0.1, 0.15) is 6.04 Å². The summed E-state index contributed by atoms with van der Waals surface area (Å²) in [5.41, 5.74) is 2.00. The molecule has 0 fully saturated rings. The molecule has 0 bridgehead atoms. The quantitative estimate of drug-likeness (QED) is 0.830. The number of methoxy groups -OCH3 is 1. The highest BCUT2D eigenvalue weighted by Gasteiger charge is 2.23. The minimum absolute atomic E-state index is 0.0202. The van der Waals surface area contributed by atoms with Crippen molar-refractivity contribution in [1.29, 1.82) is 0 Å². The van der Waals surface area contributed by atoms with Crippen molar-refractivity contribution in [2.45, 2.75) is 19.0 Å². The lowest BCUT2D eigenvalue weighted by Crippen LogP contribution is -2.31. The van der Waals surface area contributed by atoms with Gasteiger partial charge in [-0.2, -0.15) is 0 Å². The van der Waals surface area contributed by atoms with Crippen molar-refractivity contribution < 1.29 is 9.53 Å². The van der Waals surface area contributed by atoms with Crippen LogP contribution in [0.1, 0.15) is 30.1 Å². The molecule has 0 aliphatic carbocycles. The Hall–Kier alpha value is -1.65. The topological polar surface area (TPSA) is 38.3 Å². The van der Waals surface area contributed by atoms with Gasteiger partial charge < -0.3 is 4.74 Å². The number of hydrogen-bond donors (Lipinski definition) is 1. The van der Waals surface area contributed by atoms with E-state index in [4.69, 9.17) is 4.74 Å². The number of nitrogens with one attached hydrogen (secondary N) is 1. The molecule has 0 aromatic heterocycles. The number of esters is 1. The molecule has 0 aliphatic heterocycles. The monoisotopic (exact) mass is 347 g/mol. The largest absolute Gasteiger partial charge is 0.468 e. The summed E-state index contributed by atoms with van der Waals surface area (Å²) in [7, 11) is 1.41. The molecular formula is C17H18BrNO2. The van der Waals surface area contributed by atoms with Gasteiger partial charge in [0.05, 0.1) is 7.11 Å². The molecule has 2 unspecified atom stereocenters. The van der Waals surface area contributed by atoms with Crippen LogP contribution in [0.15, 0.2) is 59.1 Å². The van der Waals surface area contributed by atoms with E-state index in [-0.39, 0.29) is 12.0 Å². The van der Waals surface area contributed by atoms with Crippen LogP contribution in [-0.2, 0) is 9.53 Å². The smallest absolute Gasteiger partial charge is 0.327 e. The van der Waals surface area contributed by atoms with E-state index >= 15 is 0 Å². The van der Waals surface area contributed by atoms with Gasteiger partial charge in [0, 0.05) is 10.5 Å². The second-order valence-corrected chi connectivity index (χ2v) is 5.73. The van der Waals surface area contributed by atoms with E-state index < -0.39 is 6.04 Å². The molecule has 0 aliphatic rings. The van der Waals surface area contributed by atoms with Crippen LogP contribution in [-0.4, -0.2) is 13.1 Å². The maximum atomic E-state index is 12.1. The van der Waals surface area contributed by atoms with Gasteiger partial charge in [0.15, 0.2) is 0 Å². The summed E-state index contributed by atoms with van der Waals surface area (Å²) in [5.74, 6) is -0.289. The second kappa shape index (κ2) is 7.38. The highest BCUT2D eigenvalue weighted by Crippen LogP contribution is 2.22. The molecule has 2 atom stereocenters. The Morgan fingerprint density at radius 2 is 1.76 bits per heavy atom.